The van der Waals surface area contributed by atoms with Crippen molar-refractivity contribution in [2.45, 2.75) is 24.8 Å². The lowest BCUT2D eigenvalue weighted by Gasteiger charge is -2.01. The highest BCUT2D eigenvalue weighted by atomic mass is 32.2. The van der Waals surface area contributed by atoms with Crippen LogP contribution in [0.1, 0.15) is 18.2 Å². The monoisotopic (exact) mass is 267 g/mol. The van der Waals surface area contributed by atoms with Gasteiger partial charge in [0, 0.05) is 36.2 Å². The third-order valence-corrected chi connectivity index (χ3v) is 3.60. The van der Waals surface area contributed by atoms with E-state index in [9.17, 15) is 0 Å². The fraction of sp³-hybridized carbons (Fsp3) is 0.400. The summed E-state index contributed by atoms with van der Waals surface area (Å²) in [5, 5.41) is 9.14. The number of nitrogens with one attached hydrogen (secondary N) is 1. The number of thioether (sulfide) groups is 1. The highest BCUT2D eigenvalue weighted by molar-refractivity contribution is 7.98. The molecule has 0 saturated heterocycles. The second-order valence-electron chi connectivity index (χ2n) is 3.41. The zero-order valence-electron chi connectivity index (χ0n) is 9.67. The van der Waals surface area contributed by atoms with E-state index in [-0.39, 0.29) is 0 Å². The fourth-order valence-corrected chi connectivity index (χ4v) is 2.65. The van der Waals surface area contributed by atoms with E-state index in [4.69, 9.17) is 0 Å². The molecule has 0 unspecified atom stereocenters. The van der Waals surface area contributed by atoms with Crippen molar-refractivity contribution >= 4 is 28.3 Å². The minimum atomic E-state index is 0.738. The first-order valence-electron chi connectivity index (χ1n) is 5.26. The van der Waals surface area contributed by atoms with Crippen LogP contribution in [0.4, 0.5) is 5.00 Å². The summed E-state index contributed by atoms with van der Waals surface area (Å²) in [6.45, 7) is 4.91. The van der Waals surface area contributed by atoms with Crippen molar-refractivity contribution < 1.29 is 0 Å². The first kappa shape index (κ1) is 12.3. The highest BCUT2D eigenvalue weighted by Crippen LogP contribution is 2.24. The van der Waals surface area contributed by atoms with Gasteiger partial charge < -0.3 is 5.32 Å². The lowest BCUT2D eigenvalue weighted by molar-refractivity contribution is 0.947. The maximum Gasteiger partial charge on any atom is 0.187 e. The number of aromatic nitrogens is 4. The smallest absolute Gasteiger partial charge is 0.187 e. The summed E-state index contributed by atoms with van der Waals surface area (Å²) in [5.74, 6) is 0.738. The zero-order chi connectivity index (χ0) is 12.1. The van der Waals surface area contributed by atoms with Gasteiger partial charge in [0.1, 0.15) is 10.7 Å². The molecule has 2 aromatic heterocycles. The first-order valence-corrected chi connectivity index (χ1v) is 7.02. The molecule has 0 saturated carbocycles. The maximum atomic E-state index is 4.24. The van der Waals surface area contributed by atoms with Gasteiger partial charge in [0.2, 0.25) is 0 Å². The van der Waals surface area contributed by atoms with Crippen molar-refractivity contribution in [1.82, 2.24) is 19.6 Å². The van der Waals surface area contributed by atoms with E-state index < -0.39 is 0 Å². The summed E-state index contributed by atoms with van der Waals surface area (Å²) in [4.78, 5) is 8.48. The molecular weight excluding hydrogens is 254 g/mol. The average Bonchev–Trinajstić information content (AvgIpc) is 2.77. The number of anilines is 1. The van der Waals surface area contributed by atoms with E-state index in [0.29, 0.717) is 0 Å². The van der Waals surface area contributed by atoms with Gasteiger partial charge in [-0.3, -0.25) is 0 Å². The van der Waals surface area contributed by atoms with Crippen LogP contribution in [0.25, 0.3) is 0 Å². The van der Waals surface area contributed by atoms with E-state index >= 15 is 0 Å². The summed E-state index contributed by atoms with van der Waals surface area (Å²) < 4.78 is 3.94. The van der Waals surface area contributed by atoms with Crippen molar-refractivity contribution in [3.8, 4) is 0 Å². The predicted molar refractivity (Wildman–Crippen MR) is 70.4 cm³/mol. The Hall–Kier alpha value is -1.21. The molecule has 17 heavy (non-hydrogen) atoms. The molecule has 0 spiro atoms. The average molecular weight is 267 g/mol. The Balaban J connectivity index is 1.97. The molecule has 7 heteroatoms. The molecule has 0 aliphatic rings. The molecule has 0 atom stereocenters. The van der Waals surface area contributed by atoms with Crippen molar-refractivity contribution in [2.24, 2.45) is 0 Å². The van der Waals surface area contributed by atoms with Crippen LogP contribution in [-0.4, -0.2) is 26.1 Å². The molecule has 0 aliphatic carbocycles. The van der Waals surface area contributed by atoms with E-state index in [1.54, 1.807) is 11.8 Å². The minimum absolute atomic E-state index is 0.738. The van der Waals surface area contributed by atoms with Crippen LogP contribution in [0.3, 0.4) is 0 Å². The normalized spacial score (nSPS) is 10.5. The third kappa shape index (κ3) is 3.37. The summed E-state index contributed by atoms with van der Waals surface area (Å²) in [6.07, 6.45) is 3.64. The van der Waals surface area contributed by atoms with Gasteiger partial charge in [-0.25, -0.2) is 9.97 Å². The number of nitrogens with zero attached hydrogens (tertiary/aromatic N) is 4. The van der Waals surface area contributed by atoms with Crippen LogP contribution < -0.4 is 5.32 Å². The van der Waals surface area contributed by atoms with Gasteiger partial charge in [-0.05, 0) is 19.4 Å². The molecule has 90 valence electrons. The Kier molecular flexibility index (Phi) is 4.27. The number of hydrogen-bond donors (Lipinski definition) is 1. The largest absolute Gasteiger partial charge is 0.374 e. The summed E-state index contributed by atoms with van der Waals surface area (Å²) in [6, 6.07) is 0. The molecule has 2 heterocycles. The van der Waals surface area contributed by atoms with Crippen molar-refractivity contribution in [3.63, 3.8) is 0 Å². The van der Waals surface area contributed by atoms with Gasteiger partial charge in [-0.15, -0.1) is 5.10 Å². The highest BCUT2D eigenvalue weighted by Gasteiger charge is 2.08. The van der Waals surface area contributed by atoms with E-state index in [2.05, 4.69) is 31.8 Å². The maximum absolute atomic E-state index is 4.24. The Labute approximate surface area is 108 Å². The summed E-state index contributed by atoms with van der Waals surface area (Å²) >= 11 is 2.95. The second kappa shape index (κ2) is 5.92. The Morgan fingerprint density at radius 1 is 1.35 bits per heavy atom. The van der Waals surface area contributed by atoms with Gasteiger partial charge in [-0.1, -0.05) is 16.3 Å². The van der Waals surface area contributed by atoms with Crippen molar-refractivity contribution in [2.75, 3.05) is 11.9 Å². The molecule has 2 aromatic rings. The van der Waals surface area contributed by atoms with Gasteiger partial charge >= 0.3 is 0 Å². The molecule has 0 fully saturated rings. The zero-order valence-corrected chi connectivity index (χ0v) is 11.3. The van der Waals surface area contributed by atoms with E-state index in [1.165, 1.54) is 11.5 Å². The molecule has 0 bridgehead atoms. The van der Waals surface area contributed by atoms with Gasteiger partial charge in [0.15, 0.2) is 5.16 Å². The predicted octanol–water partition coefficient (Wildman–Crippen LogP) is 2.36. The van der Waals surface area contributed by atoms with E-state index in [1.807, 2.05) is 19.3 Å². The molecule has 5 nitrogen and oxygen atoms in total. The third-order valence-electron chi connectivity index (χ3n) is 1.99. The standard InChI is InChI=1S/C10H13N5S2/c1-3-11-9-8(14-15-17-9)6-16-10-12-4-7(2)5-13-10/h4-5,11H,3,6H2,1-2H3. The molecule has 1 N–H and O–H groups in total. The van der Waals surface area contributed by atoms with Crippen LogP contribution in [0.5, 0.6) is 0 Å². The fourth-order valence-electron chi connectivity index (χ4n) is 1.19. The number of aryl methyl sites for hydroxylation is 1. The molecule has 0 aromatic carbocycles. The molecule has 0 amide bonds. The van der Waals surface area contributed by atoms with Crippen LogP contribution in [0.2, 0.25) is 0 Å². The molecule has 0 radical (unpaired) electrons. The van der Waals surface area contributed by atoms with Crippen LogP contribution in [0, 0.1) is 6.92 Å². The Morgan fingerprint density at radius 3 is 2.82 bits per heavy atom. The topological polar surface area (TPSA) is 63.6 Å². The first-order chi connectivity index (χ1) is 8.29. The molecular formula is C10H13N5S2. The molecule has 0 aliphatic heterocycles. The van der Waals surface area contributed by atoms with Crippen LogP contribution in [-0.2, 0) is 5.75 Å². The quantitative estimate of drug-likeness (QED) is 0.663. The van der Waals surface area contributed by atoms with Gasteiger partial charge in [0.25, 0.3) is 0 Å². The van der Waals surface area contributed by atoms with Crippen molar-refractivity contribution in [3.05, 3.63) is 23.7 Å². The Morgan fingerprint density at radius 2 is 2.12 bits per heavy atom. The van der Waals surface area contributed by atoms with Gasteiger partial charge in [0.05, 0.1) is 0 Å². The SMILES string of the molecule is CCNc1snnc1CSc1ncc(C)cn1. The van der Waals surface area contributed by atoms with Crippen molar-refractivity contribution in [1.29, 1.82) is 0 Å². The number of rotatable bonds is 5. The summed E-state index contributed by atoms with van der Waals surface area (Å²) in [7, 11) is 0. The Bertz CT molecular complexity index is 468. The van der Waals surface area contributed by atoms with E-state index in [0.717, 1.165) is 33.7 Å². The summed E-state index contributed by atoms with van der Waals surface area (Å²) in [5.41, 5.74) is 2.03. The van der Waals surface area contributed by atoms with Gasteiger partial charge in [-0.2, -0.15) is 0 Å². The number of hydrogen-bond acceptors (Lipinski definition) is 7. The van der Waals surface area contributed by atoms with Crippen LogP contribution >= 0.6 is 23.3 Å². The minimum Gasteiger partial charge on any atom is -0.374 e. The second-order valence-corrected chi connectivity index (χ2v) is 5.11. The van der Waals surface area contributed by atoms with Crippen LogP contribution in [0.15, 0.2) is 17.6 Å². The lowest BCUT2D eigenvalue weighted by Crippen LogP contribution is -1.97. The lowest BCUT2D eigenvalue weighted by atomic mass is 10.4. The molecule has 2 rings (SSSR count).